The molecule has 15 nitrogen and oxygen atoms in total. The second-order valence-corrected chi connectivity index (χ2v) is 38.5. The normalized spacial score (nSPS) is 13.5. The first-order valence-electron chi connectivity index (χ1n) is 42.1. The molecule has 0 unspecified atom stereocenters. The molecule has 0 spiro atoms. The van der Waals surface area contributed by atoms with E-state index < -0.39 is 0 Å². The molecule has 0 fully saturated rings. The molecule has 18 rings (SSSR count). The summed E-state index contributed by atoms with van der Waals surface area (Å²) in [6.45, 7) is 57.2. The standard InChI is InChI=1S/C18H25N3.C17H20N2.C16H21N3.C16H19N3.C15H20N2S.C15H18N2S/c1-10(2)14-7-13-12(9-19-14)16-15(8-18(13,5)6)20-17(21-16)11(3)4;1-10(2)12-5-7-14-13(9-12)6-8-15-16(14)19-17(18-15)11(3)4;2*1-9(2)14-7-11-5-6-13-15(12(11)8-17-14)19-16(18-13)10(3)4;2*1-8(2)12-7-10-5-6-11-13(14(10)18-12)17-15(16-11)9(3)4/h7,9-11H,8H2,1-6H3,(H,20,21);5-11H,1-4H3,(H,18,19);7-10H,5-6H2,1-4H3,(H,18,19);5-10,17H,1-4H3;7-9H,5-6H2,1-4H3,(H,16,17);5-9H,1-4H3,(H,16,17). The summed E-state index contributed by atoms with van der Waals surface area (Å²) in [5.74, 6) is 12.1. The van der Waals surface area contributed by atoms with Gasteiger partial charge >= 0.3 is 0 Å². The van der Waals surface area contributed by atoms with Crippen LogP contribution in [-0.4, -0.2) is 74.8 Å². The third kappa shape index (κ3) is 17.4. The summed E-state index contributed by atoms with van der Waals surface area (Å²) in [6, 6.07) is 31.0. The molecule has 17 heteroatoms. The predicted octanol–water partition coefficient (Wildman–Crippen LogP) is 27.2. The number of hydrogen-bond donors (Lipinski definition) is 6. The van der Waals surface area contributed by atoms with Gasteiger partial charge in [-0.2, -0.15) is 0 Å². The zero-order valence-electron chi connectivity index (χ0n) is 72.6. The summed E-state index contributed by atoms with van der Waals surface area (Å²) in [5, 5.41) is 6.22. The molecule has 0 radical (unpaired) electrons. The lowest BCUT2D eigenvalue weighted by Crippen LogP contribution is -2.26. The van der Waals surface area contributed by atoms with E-state index in [1.54, 1.807) is 0 Å². The minimum Gasteiger partial charge on any atom is -0.364 e. The number of nitrogens with zero attached hydrogens (tertiary/aromatic N) is 9. The van der Waals surface area contributed by atoms with E-state index in [0.717, 1.165) is 117 Å². The van der Waals surface area contributed by atoms with Gasteiger partial charge in [-0.1, -0.05) is 216 Å². The number of aryl methyl sites for hydroxylation is 4. The SMILES string of the molecule is CC(C)c1cc2c(cn1)-c1nc(C(C)C)[nH]c1CC2.CC(C)c1cc2c(cn1)-c1nc(C(C)C)[nH]c1CC2(C)C.CC(C)c1ccc2c(ccc3[nH]c(C(C)C)nc32)c1.CC(C)c1nc2c([nH]1)CCc1cc(C(C)C)sc1-2.CC(C)c1nc2c(ccc3cc(C(C)C)sc32)[nH]1.CC(C)c1nc2ccc3cc(C(C)C)[nH]cc3c2n1. The Hall–Kier alpha value is -9.45. The van der Waals surface area contributed by atoms with Crippen molar-refractivity contribution in [3.8, 4) is 33.1 Å². The Morgan fingerprint density at radius 1 is 0.368 bits per heavy atom. The van der Waals surface area contributed by atoms with Crippen LogP contribution in [0.15, 0.2) is 104 Å². The molecule has 6 N–H and O–H groups in total. The molecule has 15 aromatic rings. The highest BCUT2D eigenvalue weighted by atomic mass is 32.1. The molecular weight excluding hydrogens is 1440 g/mol. The van der Waals surface area contributed by atoms with Crippen LogP contribution in [0.5, 0.6) is 0 Å². The van der Waals surface area contributed by atoms with Crippen LogP contribution in [0.4, 0.5) is 0 Å². The molecule has 0 atom stereocenters. The largest absolute Gasteiger partial charge is 0.364 e. The number of hydrogen-bond acceptors (Lipinski definition) is 11. The Balaban J connectivity index is 0.000000119. The van der Waals surface area contributed by atoms with Gasteiger partial charge in [0.05, 0.1) is 43.0 Å². The van der Waals surface area contributed by atoms with Gasteiger partial charge < -0.3 is 29.9 Å². The van der Waals surface area contributed by atoms with Crippen molar-refractivity contribution in [1.82, 2.24) is 74.8 Å². The van der Waals surface area contributed by atoms with E-state index in [0.29, 0.717) is 71.0 Å². The second-order valence-electron chi connectivity index (χ2n) is 36.3. The van der Waals surface area contributed by atoms with E-state index in [4.69, 9.17) is 24.9 Å². The van der Waals surface area contributed by atoms with Crippen molar-refractivity contribution in [2.45, 2.75) is 289 Å². The summed E-state index contributed by atoms with van der Waals surface area (Å²) >= 11 is 3.81. The molecule has 3 aliphatic rings. The number of benzene rings is 4. The lowest BCUT2D eigenvalue weighted by molar-refractivity contribution is 0.508. The average molecular weight is 1560 g/mol. The van der Waals surface area contributed by atoms with Crippen molar-refractivity contribution in [1.29, 1.82) is 0 Å². The minimum absolute atomic E-state index is 0.121. The summed E-state index contributed by atoms with van der Waals surface area (Å²) in [7, 11) is 0. The van der Waals surface area contributed by atoms with Gasteiger partial charge in [0.2, 0.25) is 0 Å². The van der Waals surface area contributed by atoms with Gasteiger partial charge in [0.15, 0.2) is 0 Å². The molecule has 114 heavy (non-hydrogen) atoms. The monoisotopic (exact) mass is 1560 g/mol. The molecular formula is C97H123N15S2. The number of pyridine rings is 3. The first kappa shape index (κ1) is 82.5. The van der Waals surface area contributed by atoms with Gasteiger partial charge in [0.1, 0.15) is 51.7 Å². The number of fused-ring (bicyclic) bond motifs is 18. The number of thiophene rings is 2. The Bertz CT molecular complexity index is 5650. The van der Waals surface area contributed by atoms with Gasteiger partial charge in [-0.25, -0.2) is 34.9 Å². The summed E-state index contributed by atoms with van der Waals surface area (Å²) in [6.07, 6.45) is 11.5. The molecule has 0 saturated carbocycles. The molecule has 0 aliphatic heterocycles. The minimum atomic E-state index is 0.121. The fraction of sp³-hybridized carbons (Fsp3) is 0.454. The Kier molecular flexibility index (Phi) is 24.5. The zero-order valence-corrected chi connectivity index (χ0v) is 74.3. The van der Waals surface area contributed by atoms with Crippen LogP contribution in [0.3, 0.4) is 0 Å². The van der Waals surface area contributed by atoms with Crippen molar-refractivity contribution in [3.63, 3.8) is 0 Å². The first-order valence-corrected chi connectivity index (χ1v) is 43.7. The van der Waals surface area contributed by atoms with Gasteiger partial charge in [0, 0.05) is 120 Å². The van der Waals surface area contributed by atoms with Crippen LogP contribution in [0.2, 0.25) is 0 Å². The maximum absolute atomic E-state index is 4.84. The van der Waals surface area contributed by atoms with Crippen molar-refractivity contribution >= 4 is 87.4 Å². The Morgan fingerprint density at radius 3 is 1.47 bits per heavy atom. The number of imidazole rings is 6. The van der Waals surface area contributed by atoms with Gasteiger partial charge in [-0.05, 0) is 160 Å². The van der Waals surface area contributed by atoms with E-state index in [1.165, 1.54) is 114 Å². The van der Waals surface area contributed by atoms with E-state index >= 15 is 0 Å². The lowest BCUT2D eigenvalue weighted by atomic mass is 9.73. The van der Waals surface area contributed by atoms with E-state index in [2.05, 4.69) is 321 Å². The molecule has 4 aromatic carbocycles. The first-order chi connectivity index (χ1) is 54.1. The predicted molar refractivity (Wildman–Crippen MR) is 483 cm³/mol. The van der Waals surface area contributed by atoms with Gasteiger partial charge in [-0.15, -0.1) is 22.7 Å². The third-order valence-corrected chi connectivity index (χ3v) is 25.4. The smallest absolute Gasteiger partial charge is 0.132 e. The van der Waals surface area contributed by atoms with E-state index in [1.807, 2.05) is 35.1 Å². The van der Waals surface area contributed by atoms with Crippen molar-refractivity contribution in [2.24, 2.45) is 0 Å². The van der Waals surface area contributed by atoms with Crippen LogP contribution in [0.25, 0.3) is 97.8 Å². The van der Waals surface area contributed by atoms with E-state index in [-0.39, 0.29) is 5.41 Å². The van der Waals surface area contributed by atoms with Crippen LogP contribution < -0.4 is 0 Å². The quantitative estimate of drug-likeness (QED) is 0.0686. The summed E-state index contributed by atoms with van der Waals surface area (Å²) in [5.41, 5.74) is 25.6. The van der Waals surface area contributed by atoms with Crippen LogP contribution in [0.1, 0.15) is 352 Å². The average Bonchev–Trinajstić information content (AvgIpc) is 1.45. The fourth-order valence-electron chi connectivity index (χ4n) is 15.2. The molecule has 598 valence electrons. The highest BCUT2D eigenvalue weighted by Gasteiger charge is 2.35. The lowest BCUT2D eigenvalue weighted by Gasteiger charge is -2.32. The van der Waals surface area contributed by atoms with Crippen molar-refractivity contribution < 1.29 is 0 Å². The van der Waals surface area contributed by atoms with Crippen LogP contribution >= 0.6 is 22.7 Å². The number of H-pyrrole nitrogens is 6. The van der Waals surface area contributed by atoms with Crippen LogP contribution in [-0.2, 0) is 37.5 Å². The molecule has 0 saturated heterocycles. The number of aromatic nitrogens is 15. The summed E-state index contributed by atoms with van der Waals surface area (Å²) in [4.78, 5) is 67.5. The zero-order chi connectivity index (χ0) is 81.8. The highest BCUT2D eigenvalue weighted by molar-refractivity contribution is 7.20. The van der Waals surface area contributed by atoms with Crippen molar-refractivity contribution in [2.75, 3.05) is 0 Å². The number of nitrogens with one attached hydrogen (secondary N) is 6. The number of aromatic amines is 6. The van der Waals surface area contributed by atoms with E-state index in [9.17, 15) is 0 Å². The number of rotatable bonds is 12. The highest BCUT2D eigenvalue weighted by Crippen LogP contribution is 2.45. The maximum atomic E-state index is 4.84. The van der Waals surface area contributed by atoms with Gasteiger partial charge in [0.25, 0.3) is 0 Å². The molecule has 11 heterocycles. The van der Waals surface area contributed by atoms with Gasteiger partial charge in [-0.3, -0.25) is 9.97 Å². The molecule has 0 bridgehead atoms. The van der Waals surface area contributed by atoms with Crippen molar-refractivity contribution in [3.05, 3.63) is 205 Å². The van der Waals surface area contributed by atoms with Crippen LogP contribution in [0, 0.1) is 0 Å². The fourth-order valence-corrected chi connectivity index (χ4v) is 17.5. The molecule has 0 amide bonds. The second kappa shape index (κ2) is 33.8. The Labute approximate surface area is 684 Å². The maximum Gasteiger partial charge on any atom is 0.132 e. The summed E-state index contributed by atoms with van der Waals surface area (Å²) < 4.78 is 1.32. The molecule has 3 aliphatic carbocycles. The Morgan fingerprint density at radius 2 is 0.886 bits per heavy atom. The third-order valence-electron chi connectivity index (χ3n) is 22.4. The topological polar surface area (TPSA) is 211 Å². The molecule has 11 aromatic heterocycles.